The molecule has 1 N–H and O–H groups in total. The van der Waals surface area contributed by atoms with Gasteiger partial charge in [0.05, 0.1) is 53.5 Å². The Hall–Kier alpha value is -4.59. The smallest absolute Gasteiger partial charge is 0.341 e. The van der Waals surface area contributed by atoms with Crippen molar-refractivity contribution in [3.05, 3.63) is 74.6 Å². The summed E-state index contributed by atoms with van der Waals surface area (Å²) < 4.78 is 12.9. The number of oxime groups is 1. The number of ether oxygens (including phenoxy) is 2. The van der Waals surface area contributed by atoms with Crippen molar-refractivity contribution in [2.24, 2.45) is 5.16 Å². The lowest BCUT2D eigenvalue weighted by molar-refractivity contribution is 0.0695. The molecule has 2 saturated heterocycles. The summed E-state index contributed by atoms with van der Waals surface area (Å²) in [6.45, 7) is 2.25. The fourth-order valence-electron chi connectivity index (χ4n) is 5.79. The number of benzene rings is 1. The fourth-order valence-corrected chi connectivity index (χ4v) is 6.22. The number of fused-ring (bicyclic) bond motifs is 1. The molecule has 0 bridgehead atoms. The van der Waals surface area contributed by atoms with E-state index < -0.39 is 11.4 Å². The number of pyridine rings is 3. The van der Waals surface area contributed by atoms with Gasteiger partial charge in [-0.2, -0.15) is 4.98 Å². The van der Waals surface area contributed by atoms with Crippen LogP contribution in [0.15, 0.2) is 58.7 Å². The molecule has 0 aliphatic carbocycles. The van der Waals surface area contributed by atoms with Crippen molar-refractivity contribution >= 4 is 57.3 Å². The minimum absolute atomic E-state index is 0.157. The number of hydrogen-bond donors (Lipinski definition) is 1. The standard InChI is InChI=1S/C32H33Cl2N7O6/c1-38(2)21-14-39(15-21)28-7-5-19(12-35-28)41-16-23(32(43)44)30(42)22-10-25(34)27(11-26(22)41)40-13-18(37-46-4)9-20(40)17-47-31-24(33)6-8-29(36-31)45-3/h5-8,10-12,16,20-21H,9,13-15,17H2,1-4H3,(H,43,44)/b37-18-/t20-/m1/s1. The van der Waals surface area contributed by atoms with Crippen LogP contribution in [0.1, 0.15) is 16.8 Å². The van der Waals surface area contributed by atoms with E-state index in [0.717, 1.165) is 24.6 Å². The maximum absolute atomic E-state index is 13.4. The van der Waals surface area contributed by atoms with Gasteiger partial charge in [-0.25, -0.2) is 9.78 Å². The summed E-state index contributed by atoms with van der Waals surface area (Å²) >= 11 is 13.2. The van der Waals surface area contributed by atoms with E-state index in [4.69, 9.17) is 37.5 Å². The highest BCUT2D eigenvalue weighted by Crippen LogP contribution is 2.36. The number of aromatic nitrogens is 3. The van der Waals surface area contributed by atoms with Gasteiger partial charge in [0, 0.05) is 43.2 Å². The molecule has 3 aromatic heterocycles. The predicted octanol–water partition coefficient (Wildman–Crippen LogP) is 4.20. The largest absolute Gasteiger partial charge is 0.481 e. The van der Waals surface area contributed by atoms with E-state index in [9.17, 15) is 14.7 Å². The van der Waals surface area contributed by atoms with Crippen LogP contribution >= 0.6 is 23.2 Å². The summed E-state index contributed by atoms with van der Waals surface area (Å²) in [6, 6.07) is 10.5. The normalized spacial score (nSPS) is 17.4. The molecular weight excluding hydrogens is 649 g/mol. The molecule has 13 nitrogen and oxygen atoms in total. The number of carboxylic acid groups (broad SMARTS) is 1. The predicted molar refractivity (Wildman–Crippen MR) is 180 cm³/mol. The zero-order valence-electron chi connectivity index (χ0n) is 26.2. The van der Waals surface area contributed by atoms with Gasteiger partial charge in [-0.15, -0.1) is 0 Å². The van der Waals surface area contributed by atoms with Crippen molar-refractivity contribution in [2.75, 3.05) is 64.4 Å². The number of halogens is 2. The highest BCUT2D eigenvalue weighted by atomic mass is 35.5. The highest BCUT2D eigenvalue weighted by molar-refractivity contribution is 6.34. The van der Waals surface area contributed by atoms with Crippen LogP contribution in [0.25, 0.3) is 16.6 Å². The van der Waals surface area contributed by atoms with Crippen LogP contribution in [0.5, 0.6) is 11.8 Å². The van der Waals surface area contributed by atoms with E-state index in [0.29, 0.717) is 46.8 Å². The van der Waals surface area contributed by atoms with Gasteiger partial charge in [0.15, 0.2) is 0 Å². The third kappa shape index (κ3) is 6.38. The Kier molecular flexibility index (Phi) is 9.13. The average Bonchev–Trinajstić information content (AvgIpc) is 3.42. The molecule has 1 atom stereocenters. The number of carboxylic acids is 1. The Labute approximate surface area is 280 Å². The Morgan fingerprint density at radius 1 is 1.13 bits per heavy atom. The molecule has 1 aromatic carbocycles. The summed E-state index contributed by atoms with van der Waals surface area (Å²) in [4.78, 5) is 45.9. The average molecular weight is 683 g/mol. The molecule has 0 radical (unpaired) electrons. The summed E-state index contributed by atoms with van der Waals surface area (Å²) in [6.07, 6.45) is 3.49. The number of hydrogen-bond acceptors (Lipinski definition) is 11. The van der Waals surface area contributed by atoms with Crippen molar-refractivity contribution in [1.29, 1.82) is 0 Å². The Bertz CT molecular complexity index is 1910. The van der Waals surface area contributed by atoms with Crippen molar-refractivity contribution in [2.45, 2.75) is 18.5 Å². The molecule has 0 unspecified atom stereocenters. The van der Waals surface area contributed by atoms with Gasteiger partial charge >= 0.3 is 5.97 Å². The van der Waals surface area contributed by atoms with E-state index in [1.807, 2.05) is 17.0 Å². The van der Waals surface area contributed by atoms with E-state index in [1.165, 1.54) is 26.5 Å². The van der Waals surface area contributed by atoms with Crippen LogP contribution in [-0.4, -0.2) is 103 Å². The molecule has 47 heavy (non-hydrogen) atoms. The second kappa shape index (κ2) is 13.3. The first kappa shape index (κ1) is 32.4. The molecule has 246 valence electrons. The molecule has 0 amide bonds. The van der Waals surface area contributed by atoms with Crippen LogP contribution in [0.2, 0.25) is 10.0 Å². The maximum atomic E-state index is 13.4. The van der Waals surface area contributed by atoms with E-state index in [-0.39, 0.29) is 34.5 Å². The van der Waals surface area contributed by atoms with Crippen molar-refractivity contribution in [3.8, 4) is 17.4 Å². The number of methoxy groups -OCH3 is 1. The fraction of sp³-hybridized carbons (Fsp3) is 0.344. The second-order valence-corrected chi connectivity index (χ2v) is 12.4. The quantitative estimate of drug-likeness (QED) is 0.241. The SMILES string of the molecule is CO/N=C1/C[C@H](COc2nc(OC)ccc2Cl)N(c2cc3c(cc2Cl)c(=O)c(C(=O)O)cn3-c2ccc(N3CC(N(C)C)C3)nc2)C1. The minimum Gasteiger partial charge on any atom is -0.481 e. The molecule has 2 aliphatic rings. The van der Waals surface area contributed by atoms with Gasteiger partial charge in [-0.1, -0.05) is 28.4 Å². The van der Waals surface area contributed by atoms with Crippen LogP contribution < -0.4 is 24.7 Å². The van der Waals surface area contributed by atoms with Gasteiger partial charge in [-0.3, -0.25) is 4.79 Å². The van der Waals surface area contributed by atoms with E-state index >= 15 is 0 Å². The molecular formula is C32H33Cl2N7O6. The minimum atomic E-state index is -1.34. The summed E-state index contributed by atoms with van der Waals surface area (Å²) in [5, 5.41) is 14.8. The van der Waals surface area contributed by atoms with Crippen LogP contribution in [0.4, 0.5) is 11.5 Å². The number of nitrogens with zero attached hydrogens (tertiary/aromatic N) is 7. The van der Waals surface area contributed by atoms with Crippen LogP contribution in [0, 0.1) is 0 Å². The number of aromatic carboxylic acids is 1. The number of likely N-dealkylation sites (N-methyl/N-ethyl adjacent to an activating group) is 1. The lowest BCUT2D eigenvalue weighted by atomic mass is 10.1. The number of rotatable bonds is 10. The molecule has 6 rings (SSSR count). The lowest BCUT2D eigenvalue weighted by Gasteiger charge is -2.43. The van der Waals surface area contributed by atoms with E-state index in [1.54, 1.807) is 29.0 Å². The third-order valence-electron chi connectivity index (χ3n) is 8.43. The van der Waals surface area contributed by atoms with Crippen LogP contribution in [0.3, 0.4) is 0 Å². The van der Waals surface area contributed by atoms with Gasteiger partial charge < -0.3 is 38.7 Å². The Balaban J connectivity index is 1.39. The first-order valence-corrected chi connectivity index (χ1v) is 15.5. The highest BCUT2D eigenvalue weighted by Gasteiger charge is 2.33. The third-order valence-corrected chi connectivity index (χ3v) is 9.02. The van der Waals surface area contributed by atoms with Gasteiger partial charge in [0.25, 0.3) is 0 Å². The summed E-state index contributed by atoms with van der Waals surface area (Å²) in [7, 11) is 7.09. The van der Waals surface area contributed by atoms with E-state index in [2.05, 4.69) is 39.0 Å². The first-order chi connectivity index (χ1) is 22.6. The zero-order chi connectivity index (χ0) is 33.4. The lowest BCUT2D eigenvalue weighted by Crippen LogP contribution is -2.57. The molecule has 2 aliphatic heterocycles. The van der Waals surface area contributed by atoms with Gasteiger partial charge in [-0.05, 0) is 44.4 Å². The summed E-state index contributed by atoms with van der Waals surface area (Å²) in [5.74, 6) is 0.0486. The molecule has 15 heteroatoms. The van der Waals surface area contributed by atoms with Crippen molar-refractivity contribution in [3.63, 3.8) is 0 Å². The van der Waals surface area contributed by atoms with Crippen LogP contribution in [-0.2, 0) is 4.84 Å². The van der Waals surface area contributed by atoms with Crippen molar-refractivity contribution < 1.29 is 24.2 Å². The first-order valence-electron chi connectivity index (χ1n) is 14.8. The zero-order valence-corrected chi connectivity index (χ0v) is 27.7. The maximum Gasteiger partial charge on any atom is 0.341 e. The topological polar surface area (TPSA) is 135 Å². The Morgan fingerprint density at radius 2 is 1.91 bits per heavy atom. The molecule has 5 heterocycles. The number of anilines is 2. The number of carbonyl (C=O) groups is 1. The molecule has 0 saturated carbocycles. The Morgan fingerprint density at radius 3 is 2.57 bits per heavy atom. The van der Waals surface area contributed by atoms with Crippen molar-refractivity contribution in [1.82, 2.24) is 19.4 Å². The van der Waals surface area contributed by atoms with Gasteiger partial charge in [0.2, 0.25) is 17.2 Å². The molecule has 4 aromatic rings. The molecule has 0 spiro atoms. The molecule has 2 fully saturated rings. The summed E-state index contributed by atoms with van der Waals surface area (Å²) in [5.41, 5.74) is 1.36. The van der Waals surface area contributed by atoms with Gasteiger partial charge in [0.1, 0.15) is 30.1 Å². The monoisotopic (exact) mass is 681 g/mol. The second-order valence-electron chi connectivity index (χ2n) is 11.5.